The summed E-state index contributed by atoms with van der Waals surface area (Å²) >= 11 is 6.00. The summed E-state index contributed by atoms with van der Waals surface area (Å²) in [6.07, 6.45) is 5.21. The standard InChI is InChI=1S/C16H22ClFN2/c17-14-11-13(5-6-15(14)18)16(12-3-1-2-4-12)20-9-7-19-8-10-20/h5-6,11-12,16,19H,1-4,7-10H2/t16-/m0/s1. The summed E-state index contributed by atoms with van der Waals surface area (Å²) < 4.78 is 13.4. The quantitative estimate of drug-likeness (QED) is 0.916. The monoisotopic (exact) mass is 296 g/mol. The highest BCUT2D eigenvalue weighted by atomic mass is 35.5. The topological polar surface area (TPSA) is 15.3 Å². The van der Waals surface area contributed by atoms with Crippen molar-refractivity contribution in [1.82, 2.24) is 10.2 Å². The molecule has 1 aliphatic heterocycles. The second-order valence-electron chi connectivity index (χ2n) is 5.95. The zero-order valence-corrected chi connectivity index (χ0v) is 12.5. The van der Waals surface area contributed by atoms with E-state index in [0.717, 1.165) is 26.2 Å². The van der Waals surface area contributed by atoms with Crippen LogP contribution in [0.2, 0.25) is 5.02 Å². The van der Waals surface area contributed by atoms with Gasteiger partial charge in [-0.25, -0.2) is 4.39 Å². The predicted molar refractivity (Wildman–Crippen MR) is 80.6 cm³/mol. The van der Waals surface area contributed by atoms with Crippen molar-refractivity contribution < 1.29 is 4.39 Å². The number of nitrogens with zero attached hydrogens (tertiary/aromatic N) is 1. The normalized spacial score (nSPS) is 23.1. The zero-order valence-electron chi connectivity index (χ0n) is 11.7. The third-order valence-electron chi connectivity index (χ3n) is 4.68. The van der Waals surface area contributed by atoms with Crippen LogP contribution in [0.25, 0.3) is 0 Å². The molecule has 0 unspecified atom stereocenters. The van der Waals surface area contributed by atoms with Crippen LogP contribution in [0.1, 0.15) is 37.3 Å². The fourth-order valence-corrected chi connectivity index (χ4v) is 3.90. The maximum Gasteiger partial charge on any atom is 0.141 e. The number of hydrogen-bond acceptors (Lipinski definition) is 2. The van der Waals surface area contributed by atoms with Crippen LogP contribution in [0.15, 0.2) is 18.2 Å². The van der Waals surface area contributed by atoms with E-state index in [4.69, 9.17) is 11.6 Å². The Balaban J connectivity index is 1.88. The van der Waals surface area contributed by atoms with Crippen molar-refractivity contribution in [3.05, 3.63) is 34.6 Å². The van der Waals surface area contributed by atoms with Gasteiger partial charge >= 0.3 is 0 Å². The molecule has 1 N–H and O–H groups in total. The highest BCUT2D eigenvalue weighted by molar-refractivity contribution is 6.30. The van der Waals surface area contributed by atoms with E-state index in [1.165, 1.54) is 37.3 Å². The van der Waals surface area contributed by atoms with Gasteiger partial charge in [0.05, 0.1) is 5.02 Å². The minimum Gasteiger partial charge on any atom is -0.314 e. The number of rotatable bonds is 3. The van der Waals surface area contributed by atoms with E-state index in [1.807, 2.05) is 12.1 Å². The van der Waals surface area contributed by atoms with Gasteiger partial charge in [0.2, 0.25) is 0 Å². The molecule has 1 aliphatic carbocycles. The second kappa shape index (κ2) is 6.42. The Morgan fingerprint density at radius 1 is 1.20 bits per heavy atom. The summed E-state index contributed by atoms with van der Waals surface area (Å²) in [5.74, 6) is 0.371. The van der Waals surface area contributed by atoms with Crippen LogP contribution in [-0.4, -0.2) is 31.1 Å². The van der Waals surface area contributed by atoms with Crippen molar-refractivity contribution in [2.45, 2.75) is 31.7 Å². The van der Waals surface area contributed by atoms with Gasteiger partial charge < -0.3 is 5.32 Å². The first kappa shape index (κ1) is 14.3. The number of benzene rings is 1. The van der Waals surface area contributed by atoms with Gasteiger partial charge in [0.15, 0.2) is 0 Å². The average molecular weight is 297 g/mol. The lowest BCUT2D eigenvalue weighted by molar-refractivity contribution is 0.125. The summed E-state index contributed by atoms with van der Waals surface area (Å²) in [5.41, 5.74) is 1.19. The van der Waals surface area contributed by atoms with E-state index < -0.39 is 0 Å². The van der Waals surface area contributed by atoms with Crippen molar-refractivity contribution in [2.24, 2.45) is 5.92 Å². The smallest absolute Gasteiger partial charge is 0.141 e. The largest absolute Gasteiger partial charge is 0.314 e. The molecule has 0 aromatic heterocycles. The molecule has 20 heavy (non-hydrogen) atoms. The highest BCUT2D eigenvalue weighted by Gasteiger charge is 2.32. The third-order valence-corrected chi connectivity index (χ3v) is 4.97. The first-order valence-corrected chi connectivity index (χ1v) is 8.03. The number of nitrogens with one attached hydrogen (secondary N) is 1. The molecule has 0 bridgehead atoms. The van der Waals surface area contributed by atoms with Gasteiger partial charge in [0.25, 0.3) is 0 Å². The summed E-state index contributed by atoms with van der Waals surface area (Å²) in [6, 6.07) is 5.67. The lowest BCUT2D eigenvalue weighted by atomic mass is 9.89. The number of hydrogen-bond donors (Lipinski definition) is 1. The molecule has 1 atom stereocenters. The van der Waals surface area contributed by atoms with E-state index in [2.05, 4.69) is 10.2 Å². The lowest BCUT2D eigenvalue weighted by Gasteiger charge is -2.38. The molecule has 0 spiro atoms. The van der Waals surface area contributed by atoms with Crippen LogP contribution in [-0.2, 0) is 0 Å². The Morgan fingerprint density at radius 2 is 1.90 bits per heavy atom. The maximum absolute atomic E-state index is 13.4. The van der Waals surface area contributed by atoms with Crippen LogP contribution < -0.4 is 5.32 Å². The summed E-state index contributed by atoms with van der Waals surface area (Å²) in [7, 11) is 0. The molecule has 1 heterocycles. The molecule has 1 aromatic rings. The molecule has 1 aromatic carbocycles. The summed E-state index contributed by atoms with van der Waals surface area (Å²) in [6.45, 7) is 4.21. The Kier molecular flexibility index (Phi) is 4.59. The fourth-order valence-electron chi connectivity index (χ4n) is 3.71. The van der Waals surface area contributed by atoms with Gasteiger partial charge in [-0.1, -0.05) is 30.5 Å². The molecule has 110 valence electrons. The Labute approximate surface area is 125 Å². The van der Waals surface area contributed by atoms with Crippen molar-refractivity contribution in [1.29, 1.82) is 0 Å². The number of piperazine rings is 1. The van der Waals surface area contributed by atoms with Crippen LogP contribution >= 0.6 is 11.6 Å². The predicted octanol–water partition coefficient (Wildman–Crippen LogP) is 3.62. The van der Waals surface area contributed by atoms with Crippen molar-refractivity contribution in [2.75, 3.05) is 26.2 Å². The van der Waals surface area contributed by atoms with Crippen LogP contribution in [0.3, 0.4) is 0 Å². The molecule has 0 radical (unpaired) electrons. The first-order chi connectivity index (χ1) is 9.75. The van der Waals surface area contributed by atoms with E-state index in [1.54, 1.807) is 0 Å². The van der Waals surface area contributed by atoms with Gasteiger partial charge in [0, 0.05) is 32.2 Å². The molecule has 2 nitrogen and oxygen atoms in total. The van der Waals surface area contributed by atoms with Gasteiger partial charge in [-0.3, -0.25) is 4.90 Å². The van der Waals surface area contributed by atoms with Gasteiger partial charge in [-0.05, 0) is 36.5 Å². The minimum absolute atomic E-state index is 0.251. The van der Waals surface area contributed by atoms with Gasteiger partial charge in [0.1, 0.15) is 5.82 Å². The molecule has 2 fully saturated rings. The molecular weight excluding hydrogens is 275 g/mol. The molecule has 1 saturated carbocycles. The molecule has 1 saturated heterocycles. The van der Waals surface area contributed by atoms with Crippen LogP contribution in [0.4, 0.5) is 4.39 Å². The van der Waals surface area contributed by atoms with E-state index in [0.29, 0.717) is 12.0 Å². The fraction of sp³-hybridized carbons (Fsp3) is 0.625. The second-order valence-corrected chi connectivity index (χ2v) is 6.36. The molecular formula is C16H22ClFN2. The molecule has 2 aliphatic rings. The minimum atomic E-state index is -0.319. The highest BCUT2D eigenvalue weighted by Crippen LogP contribution is 2.40. The number of halogens is 2. The summed E-state index contributed by atoms with van der Waals surface area (Å²) in [4.78, 5) is 2.55. The van der Waals surface area contributed by atoms with Gasteiger partial charge in [-0.2, -0.15) is 0 Å². The first-order valence-electron chi connectivity index (χ1n) is 7.65. The third kappa shape index (κ3) is 3.00. The van der Waals surface area contributed by atoms with Crippen molar-refractivity contribution in [3.8, 4) is 0 Å². The molecule has 0 amide bonds. The Hall–Kier alpha value is -0.640. The summed E-state index contributed by atoms with van der Waals surface area (Å²) in [5, 5.41) is 3.65. The van der Waals surface area contributed by atoms with Crippen LogP contribution in [0, 0.1) is 11.7 Å². The lowest BCUT2D eigenvalue weighted by Crippen LogP contribution is -2.46. The SMILES string of the molecule is Fc1ccc([C@H](C2CCCC2)N2CCNCC2)cc1Cl. The van der Waals surface area contributed by atoms with Crippen LogP contribution in [0.5, 0.6) is 0 Å². The Morgan fingerprint density at radius 3 is 2.55 bits per heavy atom. The van der Waals surface area contributed by atoms with E-state index in [-0.39, 0.29) is 10.8 Å². The van der Waals surface area contributed by atoms with E-state index in [9.17, 15) is 4.39 Å². The van der Waals surface area contributed by atoms with Crippen molar-refractivity contribution >= 4 is 11.6 Å². The Bertz CT molecular complexity index is 454. The maximum atomic E-state index is 13.4. The zero-order chi connectivity index (χ0) is 13.9. The van der Waals surface area contributed by atoms with Crippen molar-refractivity contribution in [3.63, 3.8) is 0 Å². The molecule has 4 heteroatoms. The van der Waals surface area contributed by atoms with E-state index >= 15 is 0 Å². The molecule has 3 rings (SSSR count). The average Bonchev–Trinajstić information content (AvgIpc) is 2.98. The van der Waals surface area contributed by atoms with Gasteiger partial charge in [-0.15, -0.1) is 0 Å².